The number of halogens is 1. The number of rotatable bonds is 8. The van der Waals surface area contributed by atoms with Crippen LogP contribution in [-0.2, 0) is 0 Å². The zero-order chi connectivity index (χ0) is 19.8. The molecule has 0 atom stereocenters. The van der Waals surface area contributed by atoms with Crippen LogP contribution in [0.2, 0.25) is 0 Å². The maximum absolute atomic E-state index is 13.1. The van der Waals surface area contributed by atoms with Gasteiger partial charge in [0.25, 0.3) is 5.91 Å². The van der Waals surface area contributed by atoms with Crippen LogP contribution in [0.4, 0.5) is 4.39 Å². The van der Waals surface area contributed by atoms with E-state index in [1.165, 1.54) is 12.1 Å². The maximum Gasteiger partial charge on any atom is 0.251 e. The van der Waals surface area contributed by atoms with Crippen molar-refractivity contribution >= 4 is 5.91 Å². The largest absolute Gasteiger partial charge is 0.439 e. The van der Waals surface area contributed by atoms with E-state index in [4.69, 9.17) is 4.74 Å². The number of benzene rings is 2. The second kappa shape index (κ2) is 9.60. The predicted molar refractivity (Wildman–Crippen MR) is 106 cm³/mol. The van der Waals surface area contributed by atoms with Crippen LogP contribution in [0, 0.1) is 5.82 Å². The van der Waals surface area contributed by atoms with Crippen molar-refractivity contribution < 1.29 is 13.9 Å². The Labute approximate surface area is 163 Å². The number of carbonyl (C=O) groups excluding carboxylic acids is 1. The minimum Gasteiger partial charge on any atom is -0.439 e. The highest BCUT2D eigenvalue weighted by Crippen LogP contribution is 2.23. The Balaban J connectivity index is 1.69. The summed E-state index contributed by atoms with van der Waals surface area (Å²) in [6, 6.07) is 14.5. The minimum absolute atomic E-state index is 0.128. The third-order valence-electron chi connectivity index (χ3n) is 4.12. The van der Waals surface area contributed by atoms with Gasteiger partial charge in [-0.3, -0.25) is 4.79 Å². The maximum atomic E-state index is 13.1. The van der Waals surface area contributed by atoms with Crippen LogP contribution in [-0.4, -0.2) is 22.4 Å². The number of hydrogen-bond acceptors (Lipinski definition) is 4. The van der Waals surface area contributed by atoms with E-state index in [0.29, 0.717) is 35.1 Å². The van der Waals surface area contributed by atoms with Gasteiger partial charge in [-0.2, -0.15) is 4.98 Å². The van der Waals surface area contributed by atoms with Gasteiger partial charge in [0, 0.05) is 29.9 Å². The number of unbranched alkanes of at least 4 members (excludes halogenated alkanes) is 2. The van der Waals surface area contributed by atoms with Crippen molar-refractivity contribution in [2.75, 3.05) is 6.54 Å². The van der Waals surface area contributed by atoms with E-state index < -0.39 is 0 Å². The normalized spacial score (nSPS) is 10.5. The van der Waals surface area contributed by atoms with E-state index in [2.05, 4.69) is 22.2 Å². The van der Waals surface area contributed by atoms with Crippen LogP contribution in [0.3, 0.4) is 0 Å². The molecule has 0 spiro atoms. The van der Waals surface area contributed by atoms with E-state index in [1.54, 1.807) is 48.7 Å². The first-order valence-corrected chi connectivity index (χ1v) is 9.31. The molecular weight excluding hydrogens is 357 g/mol. The van der Waals surface area contributed by atoms with E-state index >= 15 is 0 Å². The fraction of sp³-hybridized carbons (Fsp3) is 0.227. The average Bonchev–Trinajstić information content (AvgIpc) is 2.72. The summed E-state index contributed by atoms with van der Waals surface area (Å²) in [5, 5.41) is 2.91. The lowest BCUT2D eigenvalue weighted by atomic mass is 10.2. The molecule has 0 saturated carbocycles. The summed E-state index contributed by atoms with van der Waals surface area (Å²) in [6.45, 7) is 2.78. The first-order chi connectivity index (χ1) is 13.7. The molecule has 0 saturated heterocycles. The van der Waals surface area contributed by atoms with E-state index in [1.807, 2.05) is 0 Å². The molecule has 0 aliphatic heterocycles. The van der Waals surface area contributed by atoms with E-state index in [-0.39, 0.29) is 11.7 Å². The quantitative estimate of drug-likeness (QED) is 0.560. The fourth-order valence-corrected chi connectivity index (χ4v) is 2.64. The molecule has 1 amide bonds. The smallest absolute Gasteiger partial charge is 0.251 e. The summed E-state index contributed by atoms with van der Waals surface area (Å²) in [4.78, 5) is 20.8. The zero-order valence-electron chi connectivity index (χ0n) is 15.7. The minimum atomic E-state index is -0.319. The summed E-state index contributed by atoms with van der Waals surface area (Å²) in [5.74, 6) is 0.833. The van der Waals surface area contributed by atoms with Crippen molar-refractivity contribution in [2.45, 2.75) is 26.2 Å². The third-order valence-corrected chi connectivity index (χ3v) is 4.12. The summed E-state index contributed by atoms with van der Waals surface area (Å²) < 4.78 is 18.9. The molecule has 1 N–H and O–H groups in total. The fourth-order valence-electron chi connectivity index (χ4n) is 2.64. The second-order valence-corrected chi connectivity index (χ2v) is 6.32. The Bertz CT molecular complexity index is 929. The highest BCUT2D eigenvalue weighted by Gasteiger charge is 2.08. The number of nitrogens with zero attached hydrogens (tertiary/aromatic N) is 2. The number of ether oxygens (including phenoxy) is 1. The Morgan fingerprint density at radius 2 is 1.93 bits per heavy atom. The molecule has 0 aliphatic rings. The second-order valence-electron chi connectivity index (χ2n) is 6.32. The van der Waals surface area contributed by atoms with E-state index in [0.717, 1.165) is 19.3 Å². The van der Waals surface area contributed by atoms with Crippen LogP contribution in [0.1, 0.15) is 36.5 Å². The molecule has 3 rings (SSSR count). The monoisotopic (exact) mass is 379 g/mol. The number of aromatic nitrogens is 2. The first kappa shape index (κ1) is 19.5. The summed E-state index contributed by atoms with van der Waals surface area (Å²) >= 11 is 0. The highest BCUT2D eigenvalue weighted by molar-refractivity contribution is 5.94. The Kier molecular flexibility index (Phi) is 6.68. The molecule has 1 aromatic heterocycles. The van der Waals surface area contributed by atoms with Crippen LogP contribution < -0.4 is 10.1 Å². The summed E-state index contributed by atoms with van der Waals surface area (Å²) in [5.41, 5.74) is 1.22. The molecule has 1 heterocycles. The van der Waals surface area contributed by atoms with Gasteiger partial charge in [0.15, 0.2) is 5.82 Å². The van der Waals surface area contributed by atoms with Crippen molar-refractivity contribution in [3.8, 4) is 23.0 Å². The molecule has 0 unspecified atom stereocenters. The van der Waals surface area contributed by atoms with Gasteiger partial charge in [-0.05, 0) is 48.9 Å². The highest BCUT2D eigenvalue weighted by atomic mass is 19.1. The van der Waals surface area contributed by atoms with Gasteiger partial charge in [0.1, 0.15) is 11.6 Å². The summed E-state index contributed by atoms with van der Waals surface area (Å²) in [7, 11) is 0. The molecule has 5 nitrogen and oxygen atoms in total. The number of nitrogens with one attached hydrogen (secondary N) is 1. The SMILES string of the molecule is CCCCCNC(=O)c1cccc(Oc2ccnc(-c3ccc(F)cc3)n2)c1. The van der Waals surface area contributed by atoms with Crippen molar-refractivity contribution in [3.63, 3.8) is 0 Å². The lowest BCUT2D eigenvalue weighted by Crippen LogP contribution is -2.24. The van der Waals surface area contributed by atoms with Gasteiger partial charge in [0.2, 0.25) is 5.88 Å². The summed E-state index contributed by atoms with van der Waals surface area (Å²) in [6.07, 6.45) is 4.74. The molecule has 0 bridgehead atoms. The van der Waals surface area contributed by atoms with Crippen molar-refractivity contribution in [1.29, 1.82) is 0 Å². The van der Waals surface area contributed by atoms with Crippen LogP contribution in [0.5, 0.6) is 11.6 Å². The molecule has 3 aromatic rings. The van der Waals surface area contributed by atoms with Gasteiger partial charge in [-0.15, -0.1) is 0 Å². The van der Waals surface area contributed by atoms with Crippen molar-refractivity contribution in [2.24, 2.45) is 0 Å². The molecule has 2 aromatic carbocycles. The molecule has 144 valence electrons. The zero-order valence-corrected chi connectivity index (χ0v) is 15.7. The Morgan fingerprint density at radius 1 is 1.11 bits per heavy atom. The molecular formula is C22H22FN3O2. The lowest BCUT2D eigenvalue weighted by molar-refractivity contribution is 0.0952. The molecule has 6 heteroatoms. The Hall–Kier alpha value is -3.28. The predicted octanol–water partition coefficient (Wildman–Crippen LogP) is 5.00. The lowest BCUT2D eigenvalue weighted by Gasteiger charge is -2.09. The van der Waals surface area contributed by atoms with Crippen molar-refractivity contribution in [1.82, 2.24) is 15.3 Å². The van der Waals surface area contributed by atoms with Crippen LogP contribution >= 0.6 is 0 Å². The van der Waals surface area contributed by atoms with Crippen molar-refractivity contribution in [3.05, 3.63) is 72.2 Å². The number of carbonyl (C=O) groups is 1. The standard InChI is InChI=1S/C22H22FN3O2/c1-2-3-4-13-25-22(27)17-6-5-7-19(15-17)28-20-12-14-24-21(26-20)16-8-10-18(23)11-9-16/h5-12,14-15H,2-4,13H2,1H3,(H,25,27). The Morgan fingerprint density at radius 3 is 2.71 bits per heavy atom. The average molecular weight is 379 g/mol. The third kappa shape index (κ3) is 5.36. The topological polar surface area (TPSA) is 64.1 Å². The van der Waals surface area contributed by atoms with Crippen LogP contribution in [0.25, 0.3) is 11.4 Å². The van der Waals surface area contributed by atoms with Gasteiger partial charge in [0.05, 0.1) is 0 Å². The number of hydrogen-bond donors (Lipinski definition) is 1. The van der Waals surface area contributed by atoms with Gasteiger partial charge < -0.3 is 10.1 Å². The van der Waals surface area contributed by atoms with Gasteiger partial charge in [-0.25, -0.2) is 9.37 Å². The molecule has 0 aliphatic carbocycles. The number of amides is 1. The molecule has 28 heavy (non-hydrogen) atoms. The molecule has 0 radical (unpaired) electrons. The molecule has 0 fully saturated rings. The van der Waals surface area contributed by atoms with Gasteiger partial charge >= 0.3 is 0 Å². The van der Waals surface area contributed by atoms with Crippen LogP contribution in [0.15, 0.2) is 60.8 Å². The van der Waals surface area contributed by atoms with Gasteiger partial charge in [-0.1, -0.05) is 25.8 Å². The van der Waals surface area contributed by atoms with E-state index in [9.17, 15) is 9.18 Å². The first-order valence-electron chi connectivity index (χ1n) is 9.31.